The summed E-state index contributed by atoms with van der Waals surface area (Å²) in [4.78, 5) is 23.0. The second-order valence-electron chi connectivity index (χ2n) is 3.90. The third kappa shape index (κ3) is 3.70. The molecule has 0 radical (unpaired) electrons. The highest BCUT2D eigenvalue weighted by Gasteiger charge is 2.10. The minimum Gasteiger partial charge on any atom is -0.466 e. The summed E-state index contributed by atoms with van der Waals surface area (Å²) in [6, 6.07) is 5.46. The molecular weight excluding hydrogens is 216 g/mol. The number of esters is 1. The molecule has 0 atom stereocenters. The molecule has 0 bridgehead atoms. The van der Waals surface area contributed by atoms with Crippen LogP contribution in [0, 0.1) is 6.92 Å². The van der Waals surface area contributed by atoms with Gasteiger partial charge in [-0.15, -0.1) is 0 Å². The Hall–Kier alpha value is -1.64. The Labute approximate surface area is 102 Å². The van der Waals surface area contributed by atoms with Crippen LogP contribution in [-0.4, -0.2) is 18.4 Å². The molecule has 0 N–H and O–H groups in total. The van der Waals surface area contributed by atoms with Crippen molar-refractivity contribution < 1.29 is 14.3 Å². The topological polar surface area (TPSA) is 43.4 Å². The molecule has 0 aromatic heterocycles. The van der Waals surface area contributed by atoms with Crippen molar-refractivity contribution in [2.75, 3.05) is 6.61 Å². The van der Waals surface area contributed by atoms with E-state index in [1.165, 1.54) is 0 Å². The van der Waals surface area contributed by atoms with E-state index >= 15 is 0 Å². The molecule has 92 valence electrons. The van der Waals surface area contributed by atoms with E-state index in [0.717, 1.165) is 11.1 Å². The normalized spacial score (nSPS) is 10.1. The van der Waals surface area contributed by atoms with Gasteiger partial charge in [0.05, 0.1) is 13.0 Å². The lowest BCUT2D eigenvalue weighted by molar-refractivity contribution is -0.142. The molecule has 1 aromatic rings. The SMILES string of the molecule is CCOC(=O)Cc1cc(C(=O)CC)ccc1C. The van der Waals surface area contributed by atoms with Crippen LogP contribution >= 0.6 is 0 Å². The lowest BCUT2D eigenvalue weighted by atomic mass is 9.99. The van der Waals surface area contributed by atoms with E-state index < -0.39 is 0 Å². The van der Waals surface area contributed by atoms with Crippen molar-refractivity contribution in [2.45, 2.75) is 33.6 Å². The largest absolute Gasteiger partial charge is 0.466 e. The summed E-state index contributed by atoms with van der Waals surface area (Å²) in [5.41, 5.74) is 2.53. The molecule has 17 heavy (non-hydrogen) atoms. The van der Waals surface area contributed by atoms with Crippen molar-refractivity contribution in [3.8, 4) is 0 Å². The fourth-order valence-electron chi connectivity index (χ4n) is 1.61. The van der Waals surface area contributed by atoms with Gasteiger partial charge in [0.15, 0.2) is 5.78 Å². The summed E-state index contributed by atoms with van der Waals surface area (Å²) in [5, 5.41) is 0. The zero-order valence-corrected chi connectivity index (χ0v) is 10.6. The predicted molar refractivity (Wildman–Crippen MR) is 66.1 cm³/mol. The highest BCUT2D eigenvalue weighted by molar-refractivity contribution is 5.96. The third-order valence-corrected chi connectivity index (χ3v) is 2.63. The number of ketones is 1. The van der Waals surface area contributed by atoms with Gasteiger partial charge < -0.3 is 4.74 Å². The van der Waals surface area contributed by atoms with Crippen molar-refractivity contribution in [1.82, 2.24) is 0 Å². The Morgan fingerprint density at radius 3 is 2.53 bits per heavy atom. The van der Waals surface area contributed by atoms with E-state index in [1.54, 1.807) is 19.1 Å². The Morgan fingerprint density at radius 2 is 1.94 bits per heavy atom. The smallest absolute Gasteiger partial charge is 0.310 e. The number of rotatable bonds is 5. The van der Waals surface area contributed by atoms with Gasteiger partial charge >= 0.3 is 5.97 Å². The van der Waals surface area contributed by atoms with Crippen LogP contribution in [0.15, 0.2) is 18.2 Å². The molecule has 3 nitrogen and oxygen atoms in total. The lowest BCUT2D eigenvalue weighted by Gasteiger charge is -2.07. The molecule has 0 fully saturated rings. The molecule has 0 aliphatic heterocycles. The van der Waals surface area contributed by atoms with Gasteiger partial charge in [-0.2, -0.15) is 0 Å². The monoisotopic (exact) mass is 234 g/mol. The number of benzene rings is 1. The first-order chi connectivity index (χ1) is 8.08. The lowest BCUT2D eigenvalue weighted by Crippen LogP contribution is -2.09. The van der Waals surface area contributed by atoms with Crippen molar-refractivity contribution in [3.63, 3.8) is 0 Å². The molecule has 1 aromatic carbocycles. The van der Waals surface area contributed by atoms with Crippen LogP contribution in [-0.2, 0) is 16.0 Å². The standard InChI is InChI=1S/C14H18O3/c1-4-13(15)11-7-6-10(3)12(8-11)9-14(16)17-5-2/h6-8H,4-5,9H2,1-3H3. The number of aryl methyl sites for hydroxylation is 1. The zero-order valence-electron chi connectivity index (χ0n) is 10.6. The number of hydrogen-bond acceptors (Lipinski definition) is 3. The maximum absolute atomic E-state index is 11.6. The van der Waals surface area contributed by atoms with E-state index in [2.05, 4.69) is 0 Å². The molecule has 0 aliphatic carbocycles. The van der Waals surface area contributed by atoms with E-state index in [1.807, 2.05) is 19.9 Å². The average Bonchev–Trinajstić information content (AvgIpc) is 2.31. The Morgan fingerprint density at radius 1 is 1.24 bits per heavy atom. The average molecular weight is 234 g/mol. The second kappa shape index (κ2) is 6.18. The number of hydrogen-bond donors (Lipinski definition) is 0. The van der Waals surface area contributed by atoms with Crippen LogP contribution in [0.3, 0.4) is 0 Å². The fourth-order valence-corrected chi connectivity index (χ4v) is 1.61. The summed E-state index contributed by atoms with van der Waals surface area (Å²) in [6.07, 6.45) is 0.701. The van der Waals surface area contributed by atoms with Gasteiger partial charge in [-0.3, -0.25) is 9.59 Å². The molecule has 0 amide bonds. The van der Waals surface area contributed by atoms with E-state index in [4.69, 9.17) is 4.74 Å². The fraction of sp³-hybridized carbons (Fsp3) is 0.429. The predicted octanol–water partition coefficient (Wildman–Crippen LogP) is 2.69. The molecule has 0 aliphatic rings. The van der Waals surface area contributed by atoms with Gasteiger partial charge in [0, 0.05) is 12.0 Å². The molecule has 0 heterocycles. The van der Waals surface area contributed by atoms with Crippen molar-refractivity contribution in [1.29, 1.82) is 0 Å². The summed E-state index contributed by atoms with van der Waals surface area (Å²) in [6.45, 7) is 5.91. The zero-order chi connectivity index (χ0) is 12.8. The molecule has 3 heteroatoms. The third-order valence-electron chi connectivity index (χ3n) is 2.63. The quantitative estimate of drug-likeness (QED) is 0.581. The van der Waals surface area contributed by atoms with Crippen molar-refractivity contribution >= 4 is 11.8 Å². The first kappa shape index (κ1) is 13.4. The molecular formula is C14H18O3. The van der Waals surface area contributed by atoms with Gasteiger partial charge in [0.25, 0.3) is 0 Å². The van der Waals surface area contributed by atoms with Gasteiger partial charge in [0.1, 0.15) is 0 Å². The van der Waals surface area contributed by atoms with Crippen LogP contribution in [0.25, 0.3) is 0 Å². The van der Waals surface area contributed by atoms with Crippen LogP contribution < -0.4 is 0 Å². The molecule has 1 rings (SSSR count). The molecule has 0 saturated carbocycles. The number of carbonyl (C=O) groups is 2. The van der Waals surface area contributed by atoms with Gasteiger partial charge in [-0.1, -0.05) is 19.1 Å². The maximum atomic E-state index is 11.6. The van der Waals surface area contributed by atoms with E-state index in [9.17, 15) is 9.59 Å². The van der Waals surface area contributed by atoms with Gasteiger partial charge in [-0.05, 0) is 31.0 Å². The molecule has 0 unspecified atom stereocenters. The Balaban J connectivity index is 2.90. The van der Waals surface area contributed by atoms with Crippen molar-refractivity contribution in [2.24, 2.45) is 0 Å². The van der Waals surface area contributed by atoms with E-state index in [-0.39, 0.29) is 18.2 Å². The maximum Gasteiger partial charge on any atom is 0.310 e. The number of carbonyl (C=O) groups excluding carboxylic acids is 2. The van der Waals surface area contributed by atoms with Gasteiger partial charge in [0.2, 0.25) is 0 Å². The Bertz CT molecular complexity index is 421. The first-order valence-corrected chi connectivity index (χ1v) is 5.86. The van der Waals surface area contributed by atoms with Crippen LogP contribution in [0.2, 0.25) is 0 Å². The molecule has 0 spiro atoms. The summed E-state index contributed by atoms with van der Waals surface area (Å²) in [7, 11) is 0. The summed E-state index contributed by atoms with van der Waals surface area (Å²) in [5.74, 6) is -0.160. The Kier molecular flexibility index (Phi) is 4.88. The van der Waals surface area contributed by atoms with Crippen LogP contribution in [0.1, 0.15) is 41.8 Å². The van der Waals surface area contributed by atoms with Crippen LogP contribution in [0.5, 0.6) is 0 Å². The van der Waals surface area contributed by atoms with E-state index in [0.29, 0.717) is 18.6 Å². The van der Waals surface area contributed by atoms with Gasteiger partial charge in [-0.25, -0.2) is 0 Å². The number of Topliss-reactive ketones (excluding diaryl/α,β-unsaturated/α-hetero) is 1. The first-order valence-electron chi connectivity index (χ1n) is 5.86. The van der Waals surface area contributed by atoms with Crippen molar-refractivity contribution in [3.05, 3.63) is 34.9 Å². The highest BCUT2D eigenvalue weighted by Crippen LogP contribution is 2.14. The summed E-state index contributed by atoms with van der Waals surface area (Å²) >= 11 is 0. The second-order valence-corrected chi connectivity index (χ2v) is 3.90. The minimum absolute atomic E-state index is 0.0927. The minimum atomic E-state index is -0.253. The number of ether oxygens (including phenoxy) is 1. The summed E-state index contributed by atoms with van der Waals surface area (Å²) < 4.78 is 4.90. The molecule has 0 saturated heterocycles. The highest BCUT2D eigenvalue weighted by atomic mass is 16.5. The van der Waals surface area contributed by atoms with Crippen LogP contribution in [0.4, 0.5) is 0 Å².